The third-order valence-corrected chi connectivity index (χ3v) is 6.69. The van der Waals surface area contributed by atoms with Gasteiger partial charge in [0, 0.05) is 17.2 Å². The van der Waals surface area contributed by atoms with Gasteiger partial charge in [0.2, 0.25) is 5.88 Å². The van der Waals surface area contributed by atoms with Gasteiger partial charge in [0.15, 0.2) is 5.75 Å². The Kier molecular flexibility index (Phi) is 8.75. The van der Waals surface area contributed by atoms with E-state index in [-0.39, 0.29) is 32.8 Å². The zero-order valence-corrected chi connectivity index (χ0v) is 23.1. The third kappa shape index (κ3) is 5.85. The SMILES string of the molecule is CCCCOc1c(Cl)cc(C(=O)Oc2ccc3c(c2)OC(N)=C(C#N)C3c2cc(OC)ccc2OC)cc1Cl. The minimum Gasteiger partial charge on any atom is -0.497 e. The number of benzene rings is 3. The Labute approximate surface area is 236 Å². The number of hydrogen-bond acceptors (Lipinski definition) is 8. The van der Waals surface area contributed by atoms with Gasteiger partial charge in [-0.3, -0.25) is 0 Å². The predicted molar refractivity (Wildman–Crippen MR) is 147 cm³/mol. The molecule has 202 valence electrons. The number of carbonyl (C=O) groups is 1. The average Bonchev–Trinajstić information content (AvgIpc) is 2.93. The Bertz CT molecular complexity index is 1460. The van der Waals surface area contributed by atoms with Crippen LogP contribution in [0.4, 0.5) is 0 Å². The lowest BCUT2D eigenvalue weighted by Crippen LogP contribution is -2.21. The largest absolute Gasteiger partial charge is 0.497 e. The zero-order valence-electron chi connectivity index (χ0n) is 21.5. The fraction of sp³-hybridized carbons (Fsp3) is 0.241. The molecule has 0 amide bonds. The van der Waals surface area contributed by atoms with E-state index < -0.39 is 11.9 Å². The van der Waals surface area contributed by atoms with Crippen molar-refractivity contribution in [3.63, 3.8) is 0 Å². The molecular formula is C29H26Cl2N2O6. The first-order valence-corrected chi connectivity index (χ1v) is 12.8. The maximum Gasteiger partial charge on any atom is 0.343 e. The number of halogens is 2. The quantitative estimate of drug-likeness (QED) is 0.174. The van der Waals surface area contributed by atoms with Gasteiger partial charge in [-0.25, -0.2) is 4.79 Å². The molecule has 0 radical (unpaired) electrons. The van der Waals surface area contributed by atoms with Crippen molar-refractivity contribution in [3.05, 3.63) is 86.7 Å². The Balaban J connectivity index is 1.65. The molecule has 0 bridgehead atoms. The Hall–Kier alpha value is -4.06. The molecule has 3 aromatic carbocycles. The number of ether oxygens (including phenoxy) is 5. The van der Waals surface area contributed by atoms with E-state index in [0.29, 0.717) is 40.7 Å². The first kappa shape index (κ1) is 28.0. The lowest BCUT2D eigenvalue weighted by atomic mass is 9.83. The first-order valence-electron chi connectivity index (χ1n) is 12.1. The highest BCUT2D eigenvalue weighted by Crippen LogP contribution is 2.47. The molecule has 8 nitrogen and oxygen atoms in total. The Morgan fingerprint density at radius 2 is 1.74 bits per heavy atom. The minimum absolute atomic E-state index is 0.0689. The molecule has 1 aliphatic heterocycles. The first-order chi connectivity index (χ1) is 18.8. The van der Waals surface area contributed by atoms with E-state index in [1.165, 1.54) is 25.3 Å². The topological polar surface area (TPSA) is 113 Å². The van der Waals surface area contributed by atoms with E-state index in [2.05, 4.69) is 6.07 Å². The van der Waals surface area contributed by atoms with Gasteiger partial charge in [-0.2, -0.15) is 5.26 Å². The molecule has 0 aromatic heterocycles. The van der Waals surface area contributed by atoms with Crippen LogP contribution in [0.2, 0.25) is 10.0 Å². The van der Waals surface area contributed by atoms with Crippen molar-refractivity contribution in [3.8, 4) is 34.8 Å². The van der Waals surface area contributed by atoms with Gasteiger partial charge in [0.05, 0.1) is 42.4 Å². The second-order valence-corrected chi connectivity index (χ2v) is 9.41. The molecule has 1 unspecified atom stereocenters. The summed E-state index contributed by atoms with van der Waals surface area (Å²) in [6.07, 6.45) is 1.80. The summed E-state index contributed by atoms with van der Waals surface area (Å²) in [4.78, 5) is 12.9. The minimum atomic E-state index is -0.679. The second kappa shape index (κ2) is 12.2. The predicted octanol–water partition coefficient (Wildman–Crippen LogP) is 6.63. The van der Waals surface area contributed by atoms with Crippen molar-refractivity contribution in [2.45, 2.75) is 25.7 Å². The van der Waals surface area contributed by atoms with Crippen LogP contribution in [-0.4, -0.2) is 26.8 Å². The van der Waals surface area contributed by atoms with Crippen LogP contribution in [0.5, 0.6) is 28.7 Å². The van der Waals surface area contributed by atoms with Gasteiger partial charge in [0.25, 0.3) is 0 Å². The molecule has 39 heavy (non-hydrogen) atoms. The highest BCUT2D eigenvalue weighted by atomic mass is 35.5. The molecule has 3 aromatic rings. The van der Waals surface area contributed by atoms with Gasteiger partial charge in [0.1, 0.15) is 34.6 Å². The monoisotopic (exact) mass is 568 g/mol. The number of carbonyl (C=O) groups excluding carboxylic acids is 1. The summed E-state index contributed by atoms with van der Waals surface area (Å²) in [5, 5.41) is 10.3. The Morgan fingerprint density at radius 3 is 2.38 bits per heavy atom. The lowest BCUT2D eigenvalue weighted by molar-refractivity contribution is 0.0734. The molecule has 10 heteroatoms. The molecule has 0 saturated heterocycles. The van der Waals surface area contributed by atoms with Crippen LogP contribution < -0.4 is 29.4 Å². The summed E-state index contributed by atoms with van der Waals surface area (Å²) >= 11 is 12.6. The summed E-state index contributed by atoms with van der Waals surface area (Å²) in [5.74, 6) is 0.607. The molecule has 4 rings (SSSR count). The summed E-state index contributed by atoms with van der Waals surface area (Å²) in [6.45, 7) is 2.50. The maximum atomic E-state index is 12.9. The van der Waals surface area contributed by atoms with E-state index in [1.54, 1.807) is 37.4 Å². The highest BCUT2D eigenvalue weighted by molar-refractivity contribution is 6.37. The van der Waals surface area contributed by atoms with Crippen LogP contribution in [0, 0.1) is 11.3 Å². The van der Waals surface area contributed by atoms with Crippen LogP contribution in [0.25, 0.3) is 0 Å². The number of fused-ring (bicyclic) bond motifs is 1. The number of unbranched alkanes of at least 4 members (excludes halogenated alkanes) is 1. The number of hydrogen-bond donors (Lipinski definition) is 1. The molecule has 0 aliphatic carbocycles. The molecule has 2 N–H and O–H groups in total. The van der Waals surface area contributed by atoms with Gasteiger partial charge in [-0.15, -0.1) is 0 Å². The number of nitriles is 1. The lowest BCUT2D eigenvalue weighted by Gasteiger charge is -2.28. The van der Waals surface area contributed by atoms with Gasteiger partial charge >= 0.3 is 5.97 Å². The second-order valence-electron chi connectivity index (χ2n) is 8.59. The van der Waals surface area contributed by atoms with Crippen LogP contribution in [-0.2, 0) is 0 Å². The van der Waals surface area contributed by atoms with E-state index in [9.17, 15) is 10.1 Å². The molecule has 1 atom stereocenters. The van der Waals surface area contributed by atoms with E-state index >= 15 is 0 Å². The number of nitrogens with zero attached hydrogens (tertiary/aromatic N) is 1. The van der Waals surface area contributed by atoms with Crippen LogP contribution in [0.3, 0.4) is 0 Å². The average molecular weight is 569 g/mol. The summed E-state index contributed by atoms with van der Waals surface area (Å²) in [7, 11) is 3.09. The molecule has 0 saturated carbocycles. The number of rotatable bonds is 9. The van der Waals surface area contributed by atoms with E-state index in [4.69, 9.17) is 52.6 Å². The fourth-order valence-corrected chi connectivity index (χ4v) is 4.78. The van der Waals surface area contributed by atoms with Crippen LogP contribution in [0.15, 0.2) is 60.0 Å². The molecule has 1 aliphatic rings. The highest BCUT2D eigenvalue weighted by Gasteiger charge is 2.33. The fourth-order valence-electron chi connectivity index (χ4n) is 4.18. The van der Waals surface area contributed by atoms with Gasteiger partial charge < -0.3 is 29.4 Å². The number of allylic oxidation sites excluding steroid dienone is 1. The van der Waals surface area contributed by atoms with Crippen molar-refractivity contribution in [1.29, 1.82) is 5.26 Å². The third-order valence-electron chi connectivity index (χ3n) is 6.13. The van der Waals surface area contributed by atoms with Gasteiger partial charge in [-0.05, 0) is 42.8 Å². The van der Waals surface area contributed by atoms with Crippen molar-refractivity contribution >= 4 is 29.2 Å². The smallest absolute Gasteiger partial charge is 0.343 e. The number of nitrogens with two attached hydrogens (primary N) is 1. The summed E-state index contributed by atoms with van der Waals surface area (Å²) in [6, 6.07) is 15.1. The molecular weight excluding hydrogens is 543 g/mol. The maximum absolute atomic E-state index is 12.9. The molecule has 0 fully saturated rings. The standard InChI is InChI=1S/C29H26Cl2N2O6/c1-4-5-10-37-27-22(30)11-16(12-23(27)31)29(34)38-18-6-8-19-25(14-18)39-28(33)21(15-32)26(19)20-13-17(35-2)7-9-24(20)36-3/h6-9,11-14,26H,4-5,10,33H2,1-3H3. The summed E-state index contributed by atoms with van der Waals surface area (Å²) in [5.41, 5.74) is 7.80. The molecule has 0 spiro atoms. The normalized spacial score (nSPS) is 14.1. The summed E-state index contributed by atoms with van der Waals surface area (Å²) < 4.78 is 27.9. The van der Waals surface area contributed by atoms with Crippen molar-refractivity contribution in [1.82, 2.24) is 0 Å². The van der Waals surface area contributed by atoms with Crippen LogP contribution in [0.1, 0.15) is 47.2 Å². The number of esters is 1. The van der Waals surface area contributed by atoms with Crippen LogP contribution >= 0.6 is 23.2 Å². The van der Waals surface area contributed by atoms with Gasteiger partial charge in [-0.1, -0.05) is 42.6 Å². The zero-order chi connectivity index (χ0) is 28.1. The van der Waals surface area contributed by atoms with E-state index in [1.807, 2.05) is 6.92 Å². The number of methoxy groups -OCH3 is 2. The van der Waals surface area contributed by atoms with Crippen molar-refractivity contribution in [2.24, 2.45) is 5.73 Å². The Morgan fingerprint density at radius 1 is 1.03 bits per heavy atom. The molecule has 1 heterocycles. The van der Waals surface area contributed by atoms with Crippen molar-refractivity contribution < 1.29 is 28.5 Å². The van der Waals surface area contributed by atoms with E-state index in [0.717, 1.165) is 12.8 Å². The van der Waals surface area contributed by atoms with Crippen molar-refractivity contribution in [2.75, 3.05) is 20.8 Å².